The van der Waals surface area contributed by atoms with Gasteiger partial charge in [-0.1, -0.05) is 150 Å². The van der Waals surface area contributed by atoms with Gasteiger partial charge in [-0.05, 0) is 56.9 Å². The van der Waals surface area contributed by atoms with Crippen LogP contribution in [0.4, 0.5) is 0 Å². The molecule has 1 aromatic heterocycles. The van der Waals surface area contributed by atoms with E-state index in [4.69, 9.17) is 14.7 Å². The van der Waals surface area contributed by atoms with Crippen molar-refractivity contribution in [3.8, 4) is 45.4 Å². The summed E-state index contributed by atoms with van der Waals surface area (Å²) in [5.74, 6) is 1.45. The molecule has 0 radical (unpaired) electrons. The maximum atomic E-state index is 11.3. The van der Waals surface area contributed by atoms with Gasteiger partial charge in [0.2, 0.25) is 0 Å². The summed E-state index contributed by atoms with van der Waals surface area (Å²) in [4.78, 5) is 10.1. The first kappa shape index (κ1) is 31.6. The quantitative estimate of drug-likeness (QED) is 0.0902. The molecule has 1 heterocycles. The highest BCUT2D eigenvalue weighted by atomic mass is 16.5. The molecule has 7 aromatic rings. The molecule has 1 N–H and O–H groups in total. The zero-order valence-corrected chi connectivity index (χ0v) is 27.9. The zero-order chi connectivity index (χ0) is 32.7. The fourth-order valence-corrected chi connectivity index (χ4v) is 7.00. The van der Waals surface area contributed by atoms with Gasteiger partial charge in [-0.3, -0.25) is 0 Å². The van der Waals surface area contributed by atoms with Crippen molar-refractivity contribution in [3.63, 3.8) is 0 Å². The Kier molecular flexibility index (Phi) is 9.79. The van der Waals surface area contributed by atoms with E-state index < -0.39 is 0 Å². The summed E-state index contributed by atoms with van der Waals surface area (Å²) >= 11 is 0. The molecule has 0 bridgehead atoms. The van der Waals surface area contributed by atoms with Crippen LogP contribution in [0.5, 0.6) is 11.5 Å². The predicted octanol–water partition coefficient (Wildman–Crippen LogP) is 12.4. The van der Waals surface area contributed by atoms with Gasteiger partial charge in [0.25, 0.3) is 0 Å². The highest BCUT2D eigenvalue weighted by molar-refractivity contribution is 6.25. The molecule has 4 nitrogen and oxygen atoms in total. The molecular weight excluding hydrogens is 588 g/mol. The maximum Gasteiger partial charge on any atom is 0.160 e. The summed E-state index contributed by atoms with van der Waals surface area (Å²) in [7, 11) is 0. The highest BCUT2D eigenvalue weighted by Gasteiger charge is 2.17. The van der Waals surface area contributed by atoms with E-state index >= 15 is 0 Å². The summed E-state index contributed by atoms with van der Waals surface area (Å²) < 4.78 is 6.05. The summed E-state index contributed by atoms with van der Waals surface area (Å²) in [5.41, 5.74) is 4.10. The number of unbranched alkanes of at least 4 members (excludes halogenated alkanes) is 9. The SMILES string of the molecule is CCCCCCCCCCCCOc1ccc(-c2cc(-c3ccc4ccc5cccc6ccc3c4c56)nc(-c3ccccc3)n2)c(O)c1. The topological polar surface area (TPSA) is 55.2 Å². The van der Waals surface area contributed by atoms with E-state index in [-0.39, 0.29) is 5.75 Å². The molecule has 0 unspecified atom stereocenters. The molecule has 0 saturated heterocycles. The van der Waals surface area contributed by atoms with Crippen molar-refractivity contribution < 1.29 is 9.84 Å². The number of rotatable bonds is 15. The van der Waals surface area contributed by atoms with Crippen LogP contribution in [0.3, 0.4) is 0 Å². The van der Waals surface area contributed by atoms with Gasteiger partial charge in [0.1, 0.15) is 11.5 Å². The lowest BCUT2D eigenvalue weighted by Crippen LogP contribution is -1.99. The van der Waals surface area contributed by atoms with Crippen molar-refractivity contribution >= 4 is 32.3 Å². The largest absolute Gasteiger partial charge is 0.507 e. The first-order valence-corrected chi connectivity index (χ1v) is 17.8. The second-order valence-corrected chi connectivity index (χ2v) is 13.0. The number of hydrogen-bond acceptors (Lipinski definition) is 4. The lowest BCUT2D eigenvalue weighted by Gasteiger charge is -2.15. The van der Waals surface area contributed by atoms with Crippen LogP contribution in [0.2, 0.25) is 0 Å². The van der Waals surface area contributed by atoms with Crippen LogP contribution in [0, 0.1) is 0 Å². The Hall–Kier alpha value is -4.96. The Bertz CT molecular complexity index is 2110. The van der Waals surface area contributed by atoms with Gasteiger partial charge in [0, 0.05) is 22.8 Å². The fraction of sp³-hybridized carbons (Fsp3) is 0.273. The average Bonchev–Trinajstić information content (AvgIpc) is 3.13. The van der Waals surface area contributed by atoms with Crippen LogP contribution < -0.4 is 4.74 Å². The standard InChI is InChI=1S/C44H44N2O2/c1-2-3-4-5-6-7-8-9-10-14-28-48-35-24-27-38(41(47)29-35)40-30-39(45-44(46-40)34-16-12-11-13-17-34)36-25-22-33-21-20-31-18-15-19-32-23-26-37(36)43(33)42(31)32/h11-13,15-27,29-30,47H,2-10,14,28H2,1H3. The van der Waals surface area contributed by atoms with Crippen LogP contribution in [0.25, 0.3) is 66.2 Å². The monoisotopic (exact) mass is 632 g/mol. The Balaban J connectivity index is 1.14. The van der Waals surface area contributed by atoms with Crippen molar-refractivity contribution in [2.75, 3.05) is 6.61 Å². The molecule has 242 valence electrons. The molecular formula is C44H44N2O2. The Morgan fingerprint density at radius 2 is 1.15 bits per heavy atom. The normalized spacial score (nSPS) is 11.6. The number of aromatic nitrogens is 2. The van der Waals surface area contributed by atoms with Crippen molar-refractivity contribution in [2.45, 2.75) is 71.1 Å². The third-order valence-corrected chi connectivity index (χ3v) is 9.57. The molecule has 6 aromatic carbocycles. The molecule has 48 heavy (non-hydrogen) atoms. The van der Waals surface area contributed by atoms with E-state index in [0.29, 0.717) is 29.4 Å². The lowest BCUT2D eigenvalue weighted by atomic mass is 9.91. The molecule has 0 amide bonds. The van der Waals surface area contributed by atoms with Gasteiger partial charge in [0.05, 0.1) is 18.0 Å². The predicted molar refractivity (Wildman–Crippen MR) is 201 cm³/mol. The minimum atomic E-state index is 0.148. The average molecular weight is 633 g/mol. The van der Waals surface area contributed by atoms with Crippen molar-refractivity contribution in [3.05, 3.63) is 109 Å². The molecule has 7 rings (SSSR count). The fourth-order valence-electron chi connectivity index (χ4n) is 7.00. The summed E-state index contributed by atoms with van der Waals surface area (Å²) in [6.07, 6.45) is 12.9. The molecule has 0 aliphatic rings. The van der Waals surface area contributed by atoms with E-state index in [1.807, 2.05) is 48.5 Å². The molecule has 0 fully saturated rings. The van der Waals surface area contributed by atoms with Crippen molar-refractivity contribution in [1.82, 2.24) is 9.97 Å². The van der Waals surface area contributed by atoms with Crippen LogP contribution in [-0.4, -0.2) is 21.7 Å². The summed E-state index contributed by atoms with van der Waals surface area (Å²) in [5, 5.41) is 18.6. The van der Waals surface area contributed by atoms with Crippen molar-refractivity contribution in [1.29, 1.82) is 0 Å². The zero-order valence-electron chi connectivity index (χ0n) is 27.9. The summed E-state index contributed by atoms with van der Waals surface area (Å²) in [6.45, 7) is 2.92. The molecule has 0 atom stereocenters. The minimum Gasteiger partial charge on any atom is -0.507 e. The smallest absolute Gasteiger partial charge is 0.160 e. The number of ether oxygens (including phenoxy) is 1. The van der Waals surface area contributed by atoms with Gasteiger partial charge in [-0.25, -0.2) is 9.97 Å². The molecule has 0 aliphatic heterocycles. The first-order valence-electron chi connectivity index (χ1n) is 17.8. The molecule has 4 heteroatoms. The third-order valence-electron chi connectivity index (χ3n) is 9.57. The Labute approximate surface area is 283 Å². The second kappa shape index (κ2) is 14.9. The van der Waals surface area contributed by atoms with Crippen LogP contribution in [0.15, 0.2) is 109 Å². The number of nitrogens with zero attached hydrogens (tertiary/aromatic N) is 2. The highest BCUT2D eigenvalue weighted by Crippen LogP contribution is 2.40. The summed E-state index contributed by atoms with van der Waals surface area (Å²) in [6, 6.07) is 37.2. The van der Waals surface area contributed by atoms with E-state index in [1.165, 1.54) is 84.7 Å². The molecule has 0 saturated carbocycles. The number of aromatic hydroxyl groups is 1. The van der Waals surface area contributed by atoms with Gasteiger partial charge in [-0.15, -0.1) is 0 Å². The molecule has 0 spiro atoms. The number of hydrogen-bond donors (Lipinski definition) is 1. The van der Waals surface area contributed by atoms with Gasteiger partial charge < -0.3 is 9.84 Å². The Morgan fingerprint density at radius 1 is 0.542 bits per heavy atom. The van der Waals surface area contributed by atoms with Crippen LogP contribution in [0.1, 0.15) is 71.1 Å². The van der Waals surface area contributed by atoms with Crippen LogP contribution >= 0.6 is 0 Å². The number of phenolic OH excluding ortho intramolecular Hbond substituents is 1. The second-order valence-electron chi connectivity index (χ2n) is 13.0. The third kappa shape index (κ3) is 6.85. The van der Waals surface area contributed by atoms with E-state index in [2.05, 4.69) is 61.5 Å². The number of benzene rings is 6. The minimum absolute atomic E-state index is 0.148. The van der Waals surface area contributed by atoms with E-state index in [1.54, 1.807) is 6.07 Å². The van der Waals surface area contributed by atoms with Gasteiger partial charge in [0.15, 0.2) is 5.82 Å². The van der Waals surface area contributed by atoms with Crippen LogP contribution in [-0.2, 0) is 0 Å². The van der Waals surface area contributed by atoms with Crippen molar-refractivity contribution in [2.24, 2.45) is 0 Å². The first-order chi connectivity index (χ1) is 23.7. The van der Waals surface area contributed by atoms with Gasteiger partial charge in [-0.2, -0.15) is 0 Å². The number of phenols is 1. The van der Waals surface area contributed by atoms with Gasteiger partial charge >= 0.3 is 0 Å². The Morgan fingerprint density at radius 3 is 1.85 bits per heavy atom. The maximum absolute atomic E-state index is 11.3. The molecule has 0 aliphatic carbocycles. The lowest BCUT2D eigenvalue weighted by molar-refractivity contribution is 0.302. The van der Waals surface area contributed by atoms with E-state index in [9.17, 15) is 5.11 Å². The van der Waals surface area contributed by atoms with E-state index in [0.717, 1.165) is 28.6 Å².